The smallest absolute Gasteiger partial charge is 0.305 e. The summed E-state index contributed by atoms with van der Waals surface area (Å²) in [6.07, 6.45) is -0.131. The Morgan fingerprint density at radius 1 is 1.29 bits per heavy atom. The number of rotatable bonds is 6. The first-order chi connectivity index (χ1) is 9.67. The molecule has 0 aliphatic carbocycles. The standard InChI is InChI=1S/C15H20BrNO3S/c1-15(2,3)21-9-13(18)17-12(8-14(19)20)10-4-6-11(16)7-5-10/h4-7,12H,8-9H2,1-3H3,(H,17,18)(H,19,20). The molecule has 0 spiro atoms. The molecule has 0 bridgehead atoms. The van der Waals surface area contributed by atoms with Crippen molar-refractivity contribution in [3.05, 3.63) is 34.3 Å². The van der Waals surface area contributed by atoms with Gasteiger partial charge in [0, 0.05) is 9.22 Å². The number of carboxylic acids is 1. The van der Waals surface area contributed by atoms with E-state index in [9.17, 15) is 9.59 Å². The highest BCUT2D eigenvalue weighted by molar-refractivity contribution is 9.10. The lowest BCUT2D eigenvalue weighted by Crippen LogP contribution is -2.32. The number of amides is 1. The normalized spacial score (nSPS) is 12.8. The van der Waals surface area contributed by atoms with E-state index in [-0.39, 0.29) is 17.1 Å². The van der Waals surface area contributed by atoms with E-state index in [0.717, 1.165) is 10.0 Å². The first-order valence-electron chi connectivity index (χ1n) is 6.58. The molecular formula is C15H20BrNO3S. The van der Waals surface area contributed by atoms with Crippen molar-refractivity contribution in [3.63, 3.8) is 0 Å². The largest absolute Gasteiger partial charge is 0.481 e. The van der Waals surface area contributed by atoms with Crippen LogP contribution in [0.2, 0.25) is 0 Å². The minimum Gasteiger partial charge on any atom is -0.481 e. The second-order valence-corrected chi connectivity index (χ2v) is 8.39. The van der Waals surface area contributed by atoms with Crippen molar-refractivity contribution >= 4 is 39.6 Å². The molecular weight excluding hydrogens is 354 g/mol. The summed E-state index contributed by atoms with van der Waals surface area (Å²) in [5, 5.41) is 11.8. The number of nitrogens with one attached hydrogen (secondary N) is 1. The third-order valence-corrected chi connectivity index (χ3v) is 4.42. The van der Waals surface area contributed by atoms with Gasteiger partial charge >= 0.3 is 5.97 Å². The molecule has 1 aromatic carbocycles. The Bertz CT molecular complexity index is 497. The van der Waals surface area contributed by atoms with E-state index >= 15 is 0 Å². The molecule has 0 aromatic heterocycles. The lowest BCUT2D eigenvalue weighted by molar-refractivity contribution is -0.137. The van der Waals surface area contributed by atoms with Crippen LogP contribution in [-0.4, -0.2) is 27.5 Å². The fourth-order valence-corrected chi connectivity index (χ4v) is 2.55. The van der Waals surface area contributed by atoms with E-state index in [1.54, 1.807) is 0 Å². The van der Waals surface area contributed by atoms with E-state index in [1.165, 1.54) is 11.8 Å². The van der Waals surface area contributed by atoms with Gasteiger partial charge in [0.1, 0.15) is 0 Å². The van der Waals surface area contributed by atoms with Crippen molar-refractivity contribution in [1.29, 1.82) is 0 Å². The van der Waals surface area contributed by atoms with Gasteiger partial charge in [-0.2, -0.15) is 0 Å². The number of hydrogen-bond acceptors (Lipinski definition) is 3. The van der Waals surface area contributed by atoms with Crippen LogP contribution in [0, 0.1) is 0 Å². The molecule has 0 fully saturated rings. The van der Waals surface area contributed by atoms with E-state index in [4.69, 9.17) is 5.11 Å². The molecule has 6 heteroatoms. The SMILES string of the molecule is CC(C)(C)SCC(=O)NC(CC(=O)O)c1ccc(Br)cc1. The van der Waals surface area contributed by atoms with Crippen molar-refractivity contribution in [3.8, 4) is 0 Å². The van der Waals surface area contributed by atoms with Gasteiger partial charge in [-0.15, -0.1) is 11.8 Å². The van der Waals surface area contributed by atoms with Crippen LogP contribution in [-0.2, 0) is 9.59 Å². The predicted molar refractivity (Wildman–Crippen MR) is 89.5 cm³/mol. The van der Waals surface area contributed by atoms with Gasteiger partial charge in [-0.3, -0.25) is 9.59 Å². The summed E-state index contributed by atoms with van der Waals surface area (Å²) >= 11 is 4.87. The van der Waals surface area contributed by atoms with Gasteiger partial charge in [0.05, 0.1) is 18.2 Å². The van der Waals surface area contributed by atoms with E-state index in [1.807, 2.05) is 45.0 Å². The number of carboxylic acid groups (broad SMARTS) is 1. The molecule has 0 saturated heterocycles. The van der Waals surface area contributed by atoms with Crippen LogP contribution in [0.15, 0.2) is 28.7 Å². The van der Waals surface area contributed by atoms with Gasteiger partial charge in [-0.25, -0.2) is 0 Å². The second-order valence-electron chi connectivity index (χ2n) is 5.67. The predicted octanol–water partition coefficient (Wildman–Crippen LogP) is 3.61. The number of hydrogen-bond donors (Lipinski definition) is 2. The van der Waals surface area contributed by atoms with Gasteiger partial charge in [-0.05, 0) is 17.7 Å². The molecule has 2 N–H and O–H groups in total. The molecule has 0 aliphatic heterocycles. The minimum absolute atomic E-state index is 0.00273. The van der Waals surface area contributed by atoms with Crippen molar-refractivity contribution in [1.82, 2.24) is 5.32 Å². The third kappa shape index (κ3) is 7.52. The topological polar surface area (TPSA) is 66.4 Å². The third-order valence-electron chi connectivity index (χ3n) is 2.62. The summed E-state index contributed by atoms with van der Waals surface area (Å²) in [5.41, 5.74) is 0.787. The van der Waals surface area contributed by atoms with Crippen LogP contribution >= 0.6 is 27.7 Å². The average molecular weight is 374 g/mol. The Hall–Kier alpha value is -1.01. The van der Waals surface area contributed by atoms with Crippen molar-refractivity contribution in [2.45, 2.75) is 38.0 Å². The molecule has 0 radical (unpaired) electrons. The van der Waals surface area contributed by atoms with Gasteiger partial charge in [0.25, 0.3) is 0 Å². The molecule has 4 nitrogen and oxygen atoms in total. The molecule has 21 heavy (non-hydrogen) atoms. The average Bonchev–Trinajstić information content (AvgIpc) is 2.35. The summed E-state index contributed by atoms with van der Waals surface area (Å²) in [4.78, 5) is 23.0. The van der Waals surface area contributed by atoms with Crippen molar-refractivity contribution < 1.29 is 14.7 Å². The van der Waals surface area contributed by atoms with Gasteiger partial charge < -0.3 is 10.4 Å². The summed E-state index contributed by atoms with van der Waals surface area (Å²) in [5.74, 6) is -0.772. The molecule has 1 unspecified atom stereocenters. The molecule has 1 atom stereocenters. The zero-order chi connectivity index (χ0) is 16.0. The number of carbonyl (C=O) groups excluding carboxylic acids is 1. The maximum atomic E-state index is 12.0. The molecule has 1 amide bonds. The lowest BCUT2D eigenvalue weighted by Gasteiger charge is -2.20. The molecule has 116 valence electrons. The van der Waals surface area contributed by atoms with Crippen LogP contribution in [0.4, 0.5) is 0 Å². The zero-order valence-corrected chi connectivity index (χ0v) is 14.8. The van der Waals surface area contributed by atoms with E-state index in [0.29, 0.717) is 5.75 Å². The quantitative estimate of drug-likeness (QED) is 0.798. The number of thioether (sulfide) groups is 1. The Kier molecular flexibility index (Phi) is 6.74. The van der Waals surface area contributed by atoms with Crippen LogP contribution in [0.1, 0.15) is 38.8 Å². The van der Waals surface area contributed by atoms with Crippen molar-refractivity contribution in [2.24, 2.45) is 0 Å². The fourth-order valence-electron chi connectivity index (χ4n) is 1.64. The fraction of sp³-hybridized carbons (Fsp3) is 0.467. The van der Waals surface area contributed by atoms with E-state index < -0.39 is 12.0 Å². The maximum Gasteiger partial charge on any atom is 0.305 e. The Balaban J connectivity index is 2.72. The van der Waals surface area contributed by atoms with Crippen LogP contribution in [0.25, 0.3) is 0 Å². The highest BCUT2D eigenvalue weighted by Gasteiger charge is 2.19. The summed E-state index contributed by atoms with van der Waals surface area (Å²) in [7, 11) is 0. The van der Waals surface area contributed by atoms with Gasteiger partial charge in [0.2, 0.25) is 5.91 Å². The monoisotopic (exact) mass is 373 g/mol. The van der Waals surface area contributed by atoms with Crippen molar-refractivity contribution in [2.75, 3.05) is 5.75 Å². The first-order valence-corrected chi connectivity index (χ1v) is 8.36. The molecule has 1 aromatic rings. The highest BCUT2D eigenvalue weighted by Crippen LogP contribution is 2.24. The number of aliphatic carboxylic acids is 1. The van der Waals surface area contributed by atoms with Crippen LogP contribution in [0.5, 0.6) is 0 Å². The first kappa shape index (κ1) is 18.0. The zero-order valence-electron chi connectivity index (χ0n) is 12.4. The lowest BCUT2D eigenvalue weighted by atomic mass is 10.0. The maximum absolute atomic E-state index is 12.0. The minimum atomic E-state index is -0.938. The molecule has 0 saturated carbocycles. The van der Waals surface area contributed by atoms with Crippen LogP contribution in [0.3, 0.4) is 0 Å². The van der Waals surface area contributed by atoms with E-state index in [2.05, 4.69) is 21.2 Å². The van der Waals surface area contributed by atoms with Crippen LogP contribution < -0.4 is 5.32 Å². The highest BCUT2D eigenvalue weighted by atomic mass is 79.9. The Morgan fingerprint density at radius 3 is 2.33 bits per heavy atom. The van der Waals surface area contributed by atoms with Gasteiger partial charge in [0.15, 0.2) is 0 Å². The Labute approximate surface area is 137 Å². The number of benzene rings is 1. The van der Waals surface area contributed by atoms with Gasteiger partial charge in [-0.1, -0.05) is 48.8 Å². The Morgan fingerprint density at radius 2 is 1.86 bits per heavy atom. The summed E-state index contributed by atoms with van der Waals surface area (Å²) < 4.78 is 0.909. The number of halogens is 1. The number of carbonyl (C=O) groups is 2. The second kappa shape index (κ2) is 7.84. The molecule has 0 heterocycles. The molecule has 1 rings (SSSR count). The summed E-state index contributed by atoms with van der Waals surface area (Å²) in [6.45, 7) is 6.11. The summed E-state index contributed by atoms with van der Waals surface area (Å²) in [6, 6.07) is 6.79. The molecule has 0 aliphatic rings.